The topological polar surface area (TPSA) is 88.4 Å². The van der Waals surface area contributed by atoms with E-state index in [-0.39, 0.29) is 5.56 Å². The van der Waals surface area contributed by atoms with E-state index in [1.807, 2.05) is 6.07 Å². The Morgan fingerprint density at radius 3 is 2.68 bits per heavy atom. The Hall–Kier alpha value is -3.04. The summed E-state index contributed by atoms with van der Waals surface area (Å²) >= 11 is 5.91. The zero-order chi connectivity index (χ0) is 18.4. The first-order valence-electron chi connectivity index (χ1n) is 7.30. The number of ether oxygens (including phenoxy) is 2. The molecule has 0 aliphatic rings. The Bertz CT molecular complexity index is 845. The standard InChI is InChI=1S/C18H15ClN2O4/c1-11(25-18(23)13-5-3-4-12(8-13)10-20)17(22)21-15-9-14(19)6-7-16(15)24-2/h3-9,11H,1-2H3,(H,21,22). The van der Waals surface area contributed by atoms with E-state index in [9.17, 15) is 9.59 Å². The highest BCUT2D eigenvalue weighted by atomic mass is 35.5. The molecule has 0 saturated carbocycles. The molecule has 2 rings (SSSR count). The van der Waals surface area contributed by atoms with Crippen molar-refractivity contribution < 1.29 is 19.1 Å². The molecule has 6 nitrogen and oxygen atoms in total. The second-order valence-electron chi connectivity index (χ2n) is 5.07. The van der Waals surface area contributed by atoms with Crippen LogP contribution in [0.1, 0.15) is 22.8 Å². The van der Waals surface area contributed by atoms with Crippen molar-refractivity contribution >= 4 is 29.2 Å². The third-order valence-electron chi connectivity index (χ3n) is 3.30. The predicted molar refractivity (Wildman–Crippen MR) is 92.7 cm³/mol. The number of hydrogen-bond donors (Lipinski definition) is 1. The van der Waals surface area contributed by atoms with Crippen LogP contribution in [0, 0.1) is 11.3 Å². The molecular formula is C18H15ClN2O4. The van der Waals surface area contributed by atoms with Gasteiger partial charge in [-0.25, -0.2) is 4.79 Å². The maximum atomic E-state index is 12.2. The van der Waals surface area contributed by atoms with Crippen LogP contribution >= 0.6 is 11.6 Å². The van der Waals surface area contributed by atoms with Crippen LogP contribution < -0.4 is 10.1 Å². The van der Waals surface area contributed by atoms with Gasteiger partial charge < -0.3 is 14.8 Å². The normalized spacial score (nSPS) is 11.1. The van der Waals surface area contributed by atoms with Crippen LogP contribution in [0.15, 0.2) is 42.5 Å². The van der Waals surface area contributed by atoms with Crippen molar-refractivity contribution in [1.82, 2.24) is 0 Å². The van der Waals surface area contributed by atoms with E-state index in [2.05, 4.69) is 5.32 Å². The number of hydrogen-bond acceptors (Lipinski definition) is 5. The molecule has 0 fully saturated rings. The molecule has 0 bridgehead atoms. The minimum Gasteiger partial charge on any atom is -0.495 e. The molecule has 1 unspecified atom stereocenters. The van der Waals surface area contributed by atoms with Crippen molar-refractivity contribution in [2.24, 2.45) is 0 Å². The molecule has 1 amide bonds. The van der Waals surface area contributed by atoms with Gasteiger partial charge in [0.25, 0.3) is 5.91 Å². The number of halogens is 1. The first-order valence-corrected chi connectivity index (χ1v) is 7.68. The summed E-state index contributed by atoms with van der Waals surface area (Å²) in [7, 11) is 1.46. The van der Waals surface area contributed by atoms with Crippen LogP contribution in [0.3, 0.4) is 0 Å². The highest BCUT2D eigenvalue weighted by Crippen LogP contribution is 2.27. The van der Waals surface area contributed by atoms with E-state index in [1.54, 1.807) is 24.3 Å². The van der Waals surface area contributed by atoms with Crippen molar-refractivity contribution in [1.29, 1.82) is 5.26 Å². The summed E-state index contributed by atoms with van der Waals surface area (Å²) in [5.41, 5.74) is 0.892. The fraction of sp³-hybridized carbons (Fsp3) is 0.167. The van der Waals surface area contributed by atoms with Crippen LogP contribution in [-0.4, -0.2) is 25.1 Å². The van der Waals surface area contributed by atoms with Crippen molar-refractivity contribution in [3.8, 4) is 11.8 Å². The molecule has 25 heavy (non-hydrogen) atoms. The summed E-state index contributed by atoms with van der Waals surface area (Å²) in [6.07, 6.45) is -1.05. The van der Waals surface area contributed by atoms with Gasteiger partial charge in [-0.2, -0.15) is 5.26 Å². The molecule has 0 aromatic heterocycles. The smallest absolute Gasteiger partial charge is 0.338 e. The number of nitrogens with one attached hydrogen (secondary N) is 1. The zero-order valence-corrected chi connectivity index (χ0v) is 14.3. The van der Waals surface area contributed by atoms with E-state index < -0.39 is 18.0 Å². The first kappa shape index (κ1) is 18.3. The molecule has 0 aliphatic carbocycles. The lowest BCUT2D eigenvalue weighted by Crippen LogP contribution is -2.30. The van der Waals surface area contributed by atoms with Crippen molar-refractivity contribution in [3.05, 3.63) is 58.6 Å². The van der Waals surface area contributed by atoms with Gasteiger partial charge in [0.1, 0.15) is 5.75 Å². The summed E-state index contributed by atoms with van der Waals surface area (Å²) in [6, 6.07) is 12.7. The van der Waals surface area contributed by atoms with E-state index in [4.69, 9.17) is 26.3 Å². The van der Waals surface area contributed by atoms with Gasteiger partial charge in [0, 0.05) is 5.02 Å². The van der Waals surface area contributed by atoms with Crippen molar-refractivity contribution in [2.45, 2.75) is 13.0 Å². The molecule has 1 N–H and O–H groups in total. The van der Waals surface area contributed by atoms with E-state index in [0.717, 1.165) is 0 Å². The average molecular weight is 359 g/mol. The quantitative estimate of drug-likeness (QED) is 0.827. The summed E-state index contributed by atoms with van der Waals surface area (Å²) in [4.78, 5) is 24.3. The maximum absolute atomic E-state index is 12.2. The summed E-state index contributed by atoms with van der Waals surface area (Å²) < 4.78 is 10.3. The fourth-order valence-electron chi connectivity index (χ4n) is 2.01. The molecule has 7 heteroatoms. The Morgan fingerprint density at radius 2 is 2.00 bits per heavy atom. The van der Waals surface area contributed by atoms with Gasteiger partial charge in [-0.3, -0.25) is 4.79 Å². The molecule has 128 valence electrons. The van der Waals surface area contributed by atoms with Crippen molar-refractivity contribution in [2.75, 3.05) is 12.4 Å². The number of carbonyl (C=O) groups excluding carboxylic acids is 2. The number of amides is 1. The minimum absolute atomic E-state index is 0.194. The fourth-order valence-corrected chi connectivity index (χ4v) is 2.18. The Kier molecular flexibility index (Phi) is 5.98. The second kappa shape index (κ2) is 8.18. The average Bonchev–Trinajstić information content (AvgIpc) is 2.61. The van der Waals surface area contributed by atoms with Gasteiger partial charge in [-0.1, -0.05) is 17.7 Å². The van der Waals surface area contributed by atoms with Crippen LogP contribution in [0.2, 0.25) is 5.02 Å². The summed E-state index contributed by atoms with van der Waals surface area (Å²) in [5.74, 6) is -0.804. The molecule has 0 heterocycles. The van der Waals surface area contributed by atoms with Gasteiger partial charge in [-0.15, -0.1) is 0 Å². The minimum atomic E-state index is -1.05. The first-order chi connectivity index (χ1) is 11.9. The second-order valence-corrected chi connectivity index (χ2v) is 5.51. The lowest BCUT2D eigenvalue weighted by atomic mass is 10.1. The van der Waals surface area contributed by atoms with Gasteiger partial charge >= 0.3 is 5.97 Å². The number of rotatable bonds is 5. The summed E-state index contributed by atoms with van der Waals surface area (Å²) in [5, 5.41) is 11.9. The number of benzene rings is 2. The van der Waals surface area contributed by atoms with Crippen LogP contribution in [0.4, 0.5) is 5.69 Å². The van der Waals surface area contributed by atoms with E-state index in [0.29, 0.717) is 22.0 Å². The lowest BCUT2D eigenvalue weighted by Gasteiger charge is -2.15. The number of carbonyl (C=O) groups is 2. The number of nitrogens with zero attached hydrogens (tertiary/aromatic N) is 1. The largest absolute Gasteiger partial charge is 0.495 e. The van der Waals surface area contributed by atoms with E-state index in [1.165, 1.54) is 32.2 Å². The monoisotopic (exact) mass is 358 g/mol. The van der Waals surface area contributed by atoms with Gasteiger partial charge in [0.2, 0.25) is 0 Å². The van der Waals surface area contributed by atoms with Crippen LogP contribution in [-0.2, 0) is 9.53 Å². The van der Waals surface area contributed by atoms with Crippen LogP contribution in [0.5, 0.6) is 5.75 Å². The predicted octanol–water partition coefficient (Wildman–Crippen LogP) is 3.40. The Balaban J connectivity index is 2.06. The third kappa shape index (κ3) is 4.72. The molecule has 0 aliphatic heterocycles. The lowest BCUT2D eigenvalue weighted by molar-refractivity contribution is -0.123. The SMILES string of the molecule is COc1ccc(Cl)cc1NC(=O)C(C)OC(=O)c1cccc(C#N)c1. The van der Waals surface area contributed by atoms with Crippen molar-refractivity contribution in [3.63, 3.8) is 0 Å². The Morgan fingerprint density at radius 1 is 1.24 bits per heavy atom. The van der Waals surface area contributed by atoms with Gasteiger partial charge in [0.05, 0.1) is 30.0 Å². The molecular weight excluding hydrogens is 344 g/mol. The van der Waals surface area contributed by atoms with Crippen LogP contribution in [0.25, 0.3) is 0 Å². The summed E-state index contributed by atoms with van der Waals surface area (Å²) in [6.45, 7) is 1.44. The molecule has 0 saturated heterocycles. The van der Waals surface area contributed by atoms with Gasteiger partial charge in [-0.05, 0) is 43.3 Å². The zero-order valence-electron chi connectivity index (χ0n) is 13.6. The van der Waals surface area contributed by atoms with Gasteiger partial charge in [0.15, 0.2) is 6.10 Å². The highest BCUT2D eigenvalue weighted by molar-refractivity contribution is 6.31. The maximum Gasteiger partial charge on any atom is 0.338 e. The Labute approximate surface area is 149 Å². The number of methoxy groups -OCH3 is 1. The molecule has 0 radical (unpaired) electrons. The molecule has 2 aromatic rings. The number of anilines is 1. The number of nitriles is 1. The third-order valence-corrected chi connectivity index (χ3v) is 3.53. The molecule has 1 atom stereocenters. The highest BCUT2D eigenvalue weighted by Gasteiger charge is 2.20. The number of esters is 1. The molecule has 2 aromatic carbocycles. The molecule has 0 spiro atoms. The van der Waals surface area contributed by atoms with E-state index >= 15 is 0 Å².